The van der Waals surface area contributed by atoms with E-state index in [2.05, 4.69) is 5.32 Å². The molecule has 0 saturated carbocycles. The number of nitrogens with zero attached hydrogens (tertiary/aromatic N) is 1. The molecular formula is C15H21FN2O2. The predicted molar refractivity (Wildman–Crippen MR) is 76.5 cm³/mol. The first-order valence-electron chi connectivity index (χ1n) is 7.01. The standard InChI is InChI=1S/C15H21FN2O2/c1-3-8-17-14-12(5-4-6-13(14)16)15(19)18-9-7-11(10-18)20-2/h4-6,11,17H,3,7-10H2,1-2H3. The summed E-state index contributed by atoms with van der Waals surface area (Å²) in [5, 5.41) is 3.01. The van der Waals surface area contributed by atoms with Crippen LogP contribution in [0.5, 0.6) is 0 Å². The number of anilines is 1. The average Bonchev–Trinajstić information content (AvgIpc) is 2.94. The number of ether oxygens (including phenoxy) is 1. The molecule has 2 rings (SSSR count). The van der Waals surface area contributed by atoms with E-state index in [9.17, 15) is 9.18 Å². The Kier molecular flexibility index (Phi) is 4.95. The molecule has 0 aromatic heterocycles. The number of carbonyl (C=O) groups excluding carboxylic acids is 1. The van der Waals surface area contributed by atoms with E-state index in [4.69, 9.17) is 4.74 Å². The fourth-order valence-electron chi connectivity index (χ4n) is 2.41. The molecule has 1 fully saturated rings. The van der Waals surface area contributed by atoms with Crippen LogP contribution in [-0.2, 0) is 4.74 Å². The molecule has 1 amide bonds. The van der Waals surface area contributed by atoms with Crippen LogP contribution in [0.2, 0.25) is 0 Å². The molecule has 5 heteroatoms. The quantitative estimate of drug-likeness (QED) is 0.901. The minimum Gasteiger partial charge on any atom is -0.382 e. The fourth-order valence-corrected chi connectivity index (χ4v) is 2.41. The number of nitrogens with one attached hydrogen (secondary N) is 1. The van der Waals surface area contributed by atoms with E-state index >= 15 is 0 Å². The van der Waals surface area contributed by atoms with E-state index in [0.717, 1.165) is 12.8 Å². The van der Waals surface area contributed by atoms with E-state index in [1.807, 2.05) is 6.92 Å². The van der Waals surface area contributed by atoms with Crippen LogP contribution in [0.25, 0.3) is 0 Å². The number of amides is 1. The lowest BCUT2D eigenvalue weighted by Crippen LogP contribution is -2.30. The number of likely N-dealkylation sites (tertiary alicyclic amines) is 1. The van der Waals surface area contributed by atoms with Gasteiger partial charge in [-0.2, -0.15) is 0 Å². The molecular weight excluding hydrogens is 259 g/mol. The zero-order valence-electron chi connectivity index (χ0n) is 12.0. The number of hydrogen-bond donors (Lipinski definition) is 1. The van der Waals surface area contributed by atoms with Gasteiger partial charge in [-0.1, -0.05) is 13.0 Å². The second-order valence-electron chi connectivity index (χ2n) is 4.99. The molecule has 1 unspecified atom stereocenters. The SMILES string of the molecule is CCCNc1c(F)cccc1C(=O)N1CCC(OC)C1. The van der Waals surface area contributed by atoms with Gasteiger partial charge in [0, 0.05) is 26.7 Å². The average molecular weight is 280 g/mol. The van der Waals surface area contributed by atoms with Crippen molar-refractivity contribution >= 4 is 11.6 Å². The molecule has 1 saturated heterocycles. The van der Waals surface area contributed by atoms with Crippen molar-refractivity contribution in [3.05, 3.63) is 29.6 Å². The van der Waals surface area contributed by atoms with E-state index in [1.165, 1.54) is 6.07 Å². The van der Waals surface area contributed by atoms with Gasteiger partial charge in [-0.25, -0.2) is 4.39 Å². The minimum absolute atomic E-state index is 0.0829. The molecule has 1 heterocycles. The van der Waals surface area contributed by atoms with Gasteiger partial charge in [-0.05, 0) is 25.0 Å². The summed E-state index contributed by atoms with van der Waals surface area (Å²) in [5.41, 5.74) is 0.704. The third kappa shape index (κ3) is 3.10. The number of benzene rings is 1. The summed E-state index contributed by atoms with van der Waals surface area (Å²) in [6.45, 7) is 3.86. The Bertz CT molecular complexity index is 479. The Morgan fingerprint density at radius 2 is 2.35 bits per heavy atom. The van der Waals surface area contributed by atoms with Gasteiger partial charge in [0.15, 0.2) is 0 Å². The van der Waals surface area contributed by atoms with Crippen LogP contribution in [-0.4, -0.2) is 43.7 Å². The topological polar surface area (TPSA) is 41.6 Å². The number of para-hydroxylation sites is 1. The molecule has 1 aliphatic rings. The molecule has 1 aliphatic heterocycles. The van der Waals surface area contributed by atoms with Crippen LogP contribution in [0.4, 0.5) is 10.1 Å². The van der Waals surface area contributed by atoms with Gasteiger partial charge in [-0.3, -0.25) is 4.79 Å². The van der Waals surface area contributed by atoms with Crippen molar-refractivity contribution in [2.24, 2.45) is 0 Å². The van der Waals surface area contributed by atoms with Crippen LogP contribution in [0.15, 0.2) is 18.2 Å². The molecule has 1 N–H and O–H groups in total. The number of rotatable bonds is 5. The van der Waals surface area contributed by atoms with Crippen LogP contribution < -0.4 is 5.32 Å². The maximum Gasteiger partial charge on any atom is 0.256 e. The monoisotopic (exact) mass is 280 g/mol. The highest BCUT2D eigenvalue weighted by Gasteiger charge is 2.28. The van der Waals surface area contributed by atoms with Gasteiger partial charge in [0.25, 0.3) is 5.91 Å². The highest BCUT2D eigenvalue weighted by molar-refractivity contribution is 5.99. The molecule has 0 bridgehead atoms. The van der Waals surface area contributed by atoms with Crippen molar-refractivity contribution < 1.29 is 13.9 Å². The Morgan fingerprint density at radius 3 is 3.00 bits per heavy atom. The highest BCUT2D eigenvalue weighted by Crippen LogP contribution is 2.23. The van der Waals surface area contributed by atoms with Gasteiger partial charge in [0.1, 0.15) is 5.82 Å². The number of halogens is 1. The summed E-state index contributed by atoms with van der Waals surface area (Å²) in [7, 11) is 1.65. The molecule has 1 atom stereocenters. The molecule has 0 radical (unpaired) electrons. The molecule has 20 heavy (non-hydrogen) atoms. The lowest BCUT2D eigenvalue weighted by molar-refractivity contribution is 0.0724. The lowest BCUT2D eigenvalue weighted by atomic mass is 10.1. The van der Waals surface area contributed by atoms with Crippen LogP contribution in [0, 0.1) is 5.82 Å². The number of hydrogen-bond acceptors (Lipinski definition) is 3. The van der Waals surface area contributed by atoms with E-state index < -0.39 is 0 Å². The molecule has 1 aromatic rings. The van der Waals surface area contributed by atoms with E-state index in [1.54, 1.807) is 24.1 Å². The molecule has 110 valence electrons. The third-order valence-electron chi connectivity index (χ3n) is 3.56. The number of methoxy groups -OCH3 is 1. The largest absolute Gasteiger partial charge is 0.382 e. The lowest BCUT2D eigenvalue weighted by Gasteiger charge is -2.19. The predicted octanol–water partition coefficient (Wildman–Crippen LogP) is 2.51. The zero-order valence-corrected chi connectivity index (χ0v) is 12.0. The van der Waals surface area contributed by atoms with Crippen molar-refractivity contribution in [3.8, 4) is 0 Å². The highest BCUT2D eigenvalue weighted by atomic mass is 19.1. The Hall–Kier alpha value is -1.62. The second-order valence-corrected chi connectivity index (χ2v) is 4.99. The van der Waals surface area contributed by atoms with Gasteiger partial charge in [0.2, 0.25) is 0 Å². The van der Waals surface area contributed by atoms with E-state index in [-0.39, 0.29) is 17.8 Å². The molecule has 0 spiro atoms. The summed E-state index contributed by atoms with van der Waals surface area (Å²) in [6, 6.07) is 4.61. The van der Waals surface area contributed by atoms with Crippen molar-refractivity contribution in [1.29, 1.82) is 0 Å². The molecule has 4 nitrogen and oxygen atoms in total. The zero-order chi connectivity index (χ0) is 14.5. The molecule has 1 aromatic carbocycles. The maximum absolute atomic E-state index is 13.9. The second kappa shape index (κ2) is 6.70. The van der Waals surface area contributed by atoms with Crippen LogP contribution in [0.3, 0.4) is 0 Å². The van der Waals surface area contributed by atoms with Crippen molar-refractivity contribution in [3.63, 3.8) is 0 Å². The fraction of sp³-hybridized carbons (Fsp3) is 0.533. The summed E-state index contributed by atoms with van der Waals surface area (Å²) in [4.78, 5) is 14.2. The van der Waals surface area contributed by atoms with Crippen LogP contribution in [0.1, 0.15) is 30.1 Å². The summed E-state index contributed by atoms with van der Waals surface area (Å²) >= 11 is 0. The summed E-state index contributed by atoms with van der Waals surface area (Å²) in [6.07, 6.45) is 1.78. The Balaban J connectivity index is 2.19. The first kappa shape index (κ1) is 14.8. The Labute approximate surface area is 118 Å². The number of carbonyl (C=O) groups is 1. The van der Waals surface area contributed by atoms with Gasteiger partial charge >= 0.3 is 0 Å². The van der Waals surface area contributed by atoms with Crippen molar-refractivity contribution in [1.82, 2.24) is 4.90 Å². The first-order valence-corrected chi connectivity index (χ1v) is 7.01. The van der Waals surface area contributed by atoms with Crippen molar-refractivity contribution in [2.45, 2.75) is 25.9 Å². The Morgan fingerprint density at radius 1 is 1.55 bits per heavy atom. The van der Waals surface area contributed by atoms with Gasteiger partial charge < -0.3 is 15.0 Å². The smallest absolute Gasteiger partial charge is 0.256 e. The van der Waals surface area contributed by atoms with E-state index in [0.29, 0.717) is 30.9 Å². The van der Waals surface area contributed by atoms with Crippen LogP contribution >= 0.6 is 0 Å². The molecule has 0 aliphatic carbocycles. The van der Waals surface area contributed by atoms with Gasteiger partial charge in [-0.15, -0.1) is 0 Å². The minimum atomic E-state index is -0.383. The summed E-state index contributed by atoms with van der Waals surface area (Å²) < 4.78 is 19.2. The third-order valence-corrected chi connectivity index (χ3v) is 3.56. The first-order chi connectivity index (χ1) is 9.67. The maximum atomic E-state index is 13.9. The van der Waals surface area contributed by atoms with Gasteiger partial charge in [0.05, 0.1) is 17.4 Å². The van der Waals surface area contributed by atoms with Crippen molar-refractivity contribution in [2.75, 3.05) is 32.1 Å². The summed E-state index contributed by atoms with van der Waals surface area (Å²) in [5.74, 6) is -0.519. The normalized spacial score (nSPS) is 18.4.